The first-order valence-electron chi connectivity index (χ1n) is 9.16. The maximum atomic E-state index is 12.3. The van der Waals surface area contributed by atoms with Gasteiger partial charge in [-0.1, -0.05) is 23.7 Å². The van der Waals surface area contributed by atoms with E-state index in [1.54, 1.807) is 11.1 Å². The topological polar surface area (TPSA) is 106 Å². The zero-order chi connectivity index (χ0) is 21.5. The lowest BCUT2D eigenvalue weighted by Crippen LogP contribution is -2.50. The largest absolute Gasteiger partial charge is 0.452 e. The van der Waals surface area contributed by atoms with Crippen molar-refractivity contribution in [3.8, 4) is 0 Å². The number of carbonyl (C=O) groups is 2. The fourth-order valence-corrected chi connectivity index (χ4v) is 3.12. The van der Waals surface area contributed by atoms with Crippen LogP contribution in [0.2, 0.25) is 5.02 Å². The molecule has 1 saturated heterocycles. The highest BCUT2D eigenvalue weighted by Gasteiger charge is 2.22. The van der Waals surface area contributed by atoms with E-state index < -0.39 is 10.9 Å². The molecule has 1 aliphatic heterocycles. The Kier molecular flexibility index (Phi) is 6.97. The highest BCUT2D eigenvalue weighted by molar-refractivity contribution is 6.32. The van der Waals surface area contributed by atoms with E-state index in [1.807, 2.05) is 18.2 Å². The van der Waals surface area contributed by atoms with Crippen molar-refractivity contribution in [2.75, 3.05) is 37.7 Å². The number of hydrogen-bond acceptors (Lipinski definition) is 7. The predicted octanol–water partition coefficient (Wildman–Crippen LogP) is 2.55. The Morgan fingerprint density at radius 2 is 1.97 bits per heavy atom. The van der Waals surface area contributed by atoms with Gasteiger partial charge in [0.25, 0.3) is 11.6 Å². The smallest absolute Gasteiger partial charge is 0.331 e. The maximum absolute atomic E-state index is 12.3. The van der Waals surface area contributed by atoms with Gasteiger partial charge in [-0.15, -0.1) is 0 Å². The lowest BCUT2D eigenvalue weighted by Gasteiger charge is -2.35. The number of hydrogen-bond donors (Lipinski definition) is 0. The van der Waals surface area contributed by atoms with Gasteiger partial charge < -0.3 is 14.5 Å². The van der Waals surface area contributed by atoms with E-state index in [-0.39, 0.29) is 23.2 Å². The van der Waals surface area contributed by atoms with Gasteiger partial charge in [0.2, 0.25) is 0 Å². The molecule has 0 unspecified atom stereocenters. The van der Waals surface area contributed by atoms with Crippen molar-refractivity contribution in [3.05, 3.63) is 69.4 Å². The number of halogens is 1. The number of aromatic nitrogens is 1. The Morgan fingerprint density at radius 3 is 2.63 bits per heavy atom. The first kappa shape index (κ1) is 21.3. The average Bonchev–Trinajstić information content (AvgIpc) is 2.77. The number of anilines is 1. The second kappa shape index (κ2) is 9.84. The number of rotatable bonds is 6. The van der Waals surface area contributed by atoms with Crippen molar-refractivity contribution in [1.29, 1.82) is 0 Å². The molecule has 0 radical (unpaired) electrons. The van der Waals surface area contributed by atoms with Gasteiger partial charge >= 0.3 is 5.97 Å². The fraction of sp³-hybridized carbons (Fsp3) is 0.250. The van der Waals surface area contributed by atoms with E-state index in [9.17, 15) is 19.7 Å². The Bertz CT molecular complexity index is 959. The van der Waals surface area contributed by atoms with Crippen LogP contribution in [-0.2, 0) is 14.3 Å². The SMILES string of the molecule is O=C(/C=C/c1ccc(Cl)c([N+](=O)[O-])c1)OCC(=O)N1CCN(c2ccccn2)CC1. The standard InChI is InChI=1S/C20H19ClN4O5/c21-16-6-4-15(13-17(16)25(28)29)5-7-20(27)30-14-19(26)24-11-9-23(10-12-24)18-3-1-2-8-22-18/h1-8,13H,9-12,14H2/b7-5+. The molecule has 0 N–H and O–H groups in total. The van der Waals surface area contributed by atoms with Crippen LogP contribution in [0.15, 0.2) is 48.7 Å². The molecule has 10 heteroatoms. The van der Waals surface area contributed by atoms with Gasteiger partial charge in [-0.25, -0.2) is 9.78 Å². The maximum Gasteiger partial charge on any atom is 0.331 e. The van der Waals surface area contributed by atoms with Crippen molar-refractivity contribution in [3.63, 3.8) is 0 Å². The van der Waals surface area contributed by atoms with Gasteiger partial charge in [0.1, 0.15) is 10.8 Å². The van der Waals surface area contributed by atoms with E-state index in [0.717, 1.165) is 11.9 Å². The van der Waals surface area contributed by atoms with E-state index >= 15 is 0 Å². The molecule has 1 fully saturated rings. The third kappa shape index (κ3) is 5.54. The molecular formula is C20H19ClN4O5. The first-order valence-corrected chi connectivity index (χ1v) is 9.54. The summed E-state index contributed by atoms with van der Waals surface area (Å²) in [5.74, 6) is -0.128. The van der Waals surface area contributed by atoms with Crippen LogP contribution in [0.1, 0.15) is 5.56 Å². The third-order valence-corrected chi connectivity index (χ3v) is 4.84. The molecule has 1 aromatic carbocycles. The molecule has 1 aromatic heterocycles. The van der Waals surface area contributed by atoms with Gasteiger partial charge in [0.05, 0.1) is 4.92 Å². The molecule has 0 aliphatic carbocycles. The molecule has 2 heterocycles. The van der Waals surface area contributed by atoms with Crippen molar-refractivity contribution < 1.29 is 19.2 Å². The van der Waals surface area contributed by atoms with E-state index in [2.05, 4.69) is 9.88 Å². The summed E-state index contributed by atoms with van der Waals surface area (Å²) in [6, 6.07) is 9.83. The number of benzene rings is 1. The zero-order valence-electron chi connectivity index (χ0n) is 15.9. The quantitative estimate of drug-likeness (QED) is 0.300. The number of nitro benzene ring substituents is 1. The number of piperazine rings is 1. The molecule has 3 rings (SSSR count). The average molecular weight is 431 g/mol. The highest BCUT2D eigenvalue weighted by Crippen LogP contribution is 2.25. The van der Waals surface area contributed by atoms with Crippen molar-refractivity contribution in [1.82, 2.24) is 9.88 Å². The molecule has 2 aromatic rings. The van der Waals surface area contributed by atoms with Crippen LogP contribution in [0.4, 0.5) is 11.5 Å². The van der Waals surface area contributed by atoms with Crippen LogP contribution in [0.3, 0.4) is 0 Å². The minimum absolute atomic E-state index is 0.00784. The van der Waals surface area contributed by atoms with Crippen molar-refractivity contribution in [2.24, 2.45) is 0 Å². The summed E-state index contributed by atoms with van der Waals surface area (Å²) in [5, 5.41) is 10.9. The van der Waals surface area contributed by atoms with Crippen molar-refractivity contribution >= 4 is 41.1 Å². The summed E-state index contributed by atoms with van der Waals surface area (Å²) in [4.78, 5) is 42.5. The van der Waals surface area contributed by atoms with Gasteiger partial charge in [-0.3, -0.25) is 14.9 Å². The number of carbonyl (C=O) groups excluding carboxylic acids is 2. The Balaban J connectivity index is 1.46. The second-order valence-electron chi connectivity index (χ2n) is 6.46. The van der Waals surface area contributed by atoms with Gasteiger partial charge in [-0.05, 0) is 29.8 Å². The van der Waals surface area contributed by atoms with Crippen LogP contribution < -0.4 is 4.90 Å². The molecule has 0 saturated carbocycles. The van der Waals surface area contributed by atoms with Crippen LogP contribution >= 0.6 is 11.6 Å². The number of amides is 1. The number of esters is 1. The van der Waals surface area contributed by atoms with E-state index in [4.69, 9.17) is 16.3 Å². The summed E-state index contributed by atoms with van der Waals surface area (Å²) in [6.07, 6.45) is 4.20. The number of nitrogens with zero attached hydrogens (tertiary/aromatic N) is 4. The van der Waals surface area contributed by atoms with Gasteiger partial charge in [0, 0.05) is 44.5 Å². The third-order valence-electron chi connectivity index (χ3n) is 4.52. The van der Waals surface area contributed by atoms with E-state index in [1.165, 1.54) is 24.3 Å². The van der Waals surface area contributed by atoms with Crippen LogP contribution in [0.25, 0.3) is 6.08 Å². The fourth-order valence-electron chi connectivity index (χ4n) is 2.94. The lowest BCUT2D eigenvalue weighted by molar-refractivity contribution is -0.384. The minimum Gasteiger partial charge on any atom is -0.452 e. The molecule has 156 valence electrons. The monoisotopic (exact) mass is 430 g/mol. The highest BCUT2D eigenvalue weighted by atomic mass is 35.5. The summed E-state index contributed by atoms with van der Waals surface area (Å²) >= 11 is 5.75. The normalized spacial score (nSPS) is 14.0. The summed E-state index contributed by atoms with van der Waals surface area (Å²) in [7, 11) is 0. The number of ether oxygens (including phenoxy) is 1. The molecule has 0 spiro atoms. The van der Waals surface area contributed by atoms with Gasteiger partial charge in [0.15, 0.2) is 6.61 Å². The number of nitro groups is 1. The molecule has 1 aliphatic rings. The summed E-state index contributed by atoms with van der Waals surface area (Å²) < 4.78 is 4.99. The Morgan fingerprint density at radius 1 is 1.20 bits per heavy atom. The van der Waals surface area contributed by atoms with Crippen LogP contribution in [0.5, 0.6) is 0 Å². The van der Waals surface area contributed by atoms with E-state index in [0.29, 0.717) is 31.7 Å². The second-order valence-corrected chi connectivity index (χ2v) is 6.87. The first-order chi connectivity index (χ1) is 14.4. The molecule has 30 heavy (non-hydrogen) atoms. The number of pyridine rings is 1. The lowest BCUT2D eigenvalue weighted by atomic mass is 10.2. The molecular weight excluding hydrogens is 412 g/mol. The molecule has 1 amide bonds. The molecule has 9 nitrogen and oxygen atoms in total. The predicted molar refractivity (Wildman–Crippen MR) is 111 cm³/mol. The van der Waals surface area contributed by atoms with Crippen molar-refractivity contribution in [2.45, 2.75) is 0 Å². The van der Waals surface area contributed by atoms with Crippen LogP contribution in [-0.4, -0.2) is 59.5 Å². The Hall–Kier alpha value is -3.46. The van der Waals surface area contributed by atoms with Crippen LogP contribution in [0, 0.1) is 10.1 Å². The van der Waals surface area contributed by atoms with Gasteiger partial charge in [-0.2, -0.15) is 0 Å². The molecule has 0 atom stereocenters. The molecule has 0 bridgehead atoms. The summed E-state index contributed by atoms with van der Waals surface area (Å²) in [6.45, 7) is 1.94. The zero-order valence-corrected chi connectivity index (χ0v) is 16.7. The minimum atomic E-state index is -0.715. The Labute approximate surface area is 177 Å². The summed E-state index contributed by atoms with van der Waals surface area (Å²) in [5.41, 5.74) is 0.159.